The standard InChI is InChI=1S/C29H24O2S/c1-22-6-2-3-7-25(22)16-10-23-11-17-26(18-12-23)27-19-13-24(14-20-27)15-21-28-8-4-5-9-29(28)32(30)31/h2-21,32H,1H3. The van der Waals surface area contributed by atoms with Crippen LogP contribution in [-0.2, 0) is 10.7 Å². The van der Waals surface area contributed by atoms with Crippen LogP contribution in [0.3, 0.4) is 0 Å². The molecule has 0 saturated heterocycles. The number of benzene rings is 4. The second-order valence-corrected chi connectivity index (χ2v) is 8.58. The highest BCUT2D eigenvalue weighted by Gasteiger charge is 2.01. The molecule has 4 aromatic carbocycles. The van der Waals surface area contributed by atoms with E-state index in [9.17, 15) is 8.42 Å². The van der Waals surface area contributed by atoms with Gasteiger partial charge in [-0.3, -0.25) is 0 Å². The van der Waals surface area contributed by atoms with Gasteiger partial charge in [0, 0.05) is 0 Å². The van der Waals surface area contributed by atoms with Gasteiger partial charge in [-0.05, 0) is 51.9 Å². The average Bonchev–Trinajstić information content (AvgIpc) is 2.83. The predicted octanol–water partition coefficient (Wildman–Crippen LogP) is 6.97. The summed E-state index contributed by atoms with van der Waals surface area (Å²) in [5.41, 5.74) is 7.66. The molecule has 0 spiro atoms. The SMILES string of the molecule is Cc1ccccc1C=Cc1ccc(-c2ccc(C=Cc3ccccc3[SH](=O)=O)cc2)cc1. The van der Waals surface area contributed by atoms with Gasteiger partial charge in [-0.2, -0.15) is 0 Å². The summed E-state index contributed by atoms with van der Waals surface area (Å²) < 4.78 is 22.8. The number of thiol groups is 1. The van der Waals surface area contributed by atoms with Crippen LogP contribution >= 0.6 is 0 Å². The first kappa shape index (κ1) is 21.5. The van der Waals surface area contributed by atoms with Crippen molar-refractivity contribution in [2.24, 2.45) is 0 Å². The van der Waals surface area contributed by atoms with Gasteiger partial charge in [-0.15, -0.1) is 0 Å². The third-order valence-electron chi connectivity index (χ3n) is 5.39. The zero-order chi connectivity index (χ0) is 22.3. The minimum absolute atomic E-state index is 0.340. The summed E-state index contributed by atoms with van der Waals surface area (Å²) in [4.78, 5) is 0.340. The summed E-state index contributed by atoms with van der Waals surface area (Å²) in [7, 11) is -2.61. The lowest BCUT2D eigenvalue weighted by molar-refractivity contribution is 0.614. The van der Waals surface area contributed by atoms with Crippen molar-refractivity contribution in [1.82, 2.24) is 0 Å². The lowest BCUT2D eigenvalue weighted by Crippen LogP contribution is -1.85. The van der Waals surface area contributed by atoms with Crippen LogP contribution in [0.2, 0.25) is 0 Å². The summed E-state index contributed by atoms with van der Waals surface area (Å²) in [6, 6.07) is 32.1. The molecule has 0 fully saturated rings. The van der Waals surface area contributed by atoms with Crippen molar-refractivity contribution in [3.05, 3.63) is 125 Å². The molecule has 0 bridgehead atoms. The Kier molecular flexibility index (Phi) is 6.78. The normalized spacial score (nSPS) is 11.6. The van der Waals surface area contributed by atoms with E-state index in [2.05, 4.69) is 79.7 Å². The zero-order valence-corrected chi connectivity index (χ0v) is 18.7. The van der Waals surface area contributed by atoms with E-state index in [1.807, 2.05) is 30.4 Å². The predicted molar refractivity (Wildman–Crippen MR) is 136 cm³/mol. The molecule has 2 nitrogen and oxygen atoms in total. The van der Waals surface area contributed by atoms with Gasteiger partial charge in [0.2, 0.25) is 0 Å². The van der Waals surface area contributed by atoms with E-state index in [0.29, 0.717) is 10.5 Å². The Morgan fingerprint density at radius 1 is 0.531 bits per heavy atom. The van der Waals surface area contributed by atoms with Crippen LogP contribution < -0.4 is 0 Å². The molecule has 0 aliphatic rings. The third-order valence-corrected chi connectivity index (χ3v) is 6.19. The molecule has 0 saturated carbocycles. The number of hydrogen-bond acceptors (Lipinski definition) is 2. The summed E-state index contributed by atoms with van der Waals surface area (Å²) in [5, 5.41) is 0. The Labute approximate surface area is 191 Å². The highest BCUT2D eigenvalue weighted by atomic mass is 32.2. The monoisotopic (exact) mass is 436 g/mol. The second-order valence-electron chi connectivity index (χ2n) is 7.58. The van der Waals surface area contributed by atoms with Crippen molar-refractivity contribution in [3.8, 4) is 11.1 Å². The first-order valence-electron chi connectivity index (χ1n) is 10.5. The molecule has 158 valence electrons. The fraction of sp³-hybridized carbons (Fsp3) is 0.0345. The summed E-state index contributed by atoms with van der Waals surface area (Å²) >= 11 is 0. The second kappa shape index (κ2) is 10.1. The van der Waals surface area contributed by atoms with Crippen molar-refractivity contribution < 1.29 is 8.42 Å². The van der Waals surface area contributed by atoms with E-state index in [-0.39, 0.29) is 0 Å². The van der Waals surface area contributed by atoms with E-state index in [4.69, 9.17) is 0 Å². The quantitative estimate of drug-likeness (QED) is 0.261. The van der Waals surface area contributed by atoms with Crippen molar-refractivity contribution in [2.75, 3.05) is 0 Å². The van der Waals surface area contributed by atoms with Crippen LogP contribution in [-0.4, -0.2) is 8.42 Å². The van der Waals surface area contributed by atoms with Gasteiger partial charge in [0.05, 0.1) is 4.90 Å². The molecule has 4 rings (SSSR count). The van der Waals surface area contributed by atoms with Crippen LogP contribution in [0.5, 0.6) is 0 Å². The topological polar surface area (TPSA) is 34.1 Å². The summed E-state index contributed by atoms with van der Waals surface area (Å²) in [5.74, 6) is 0. The molecular weight excluding hydrogens is 412 g/mol. The summed E-state index contributed by atoms with van der Waals surface area (Å²) in [6.07, 6.45) is 8.05. The van der Waals surface area contributed by atoms with Crippen LogP contribution in [0.4, 0.5) is 0 Å². The lowest BCUT2D eigenvalue weighted by Gasteiger charge is -2.04. The van der Waals surface area contributed by atoms with Gasteiger partial charge >= 0.3 is 0 Å². The Morgan fingerprint density at radius 2 is 1.00 bits per heavy atom. The zero-order valence-electron chi connectivity index (χ0n) is 17.8. The Hall–Kier alpha value is -3.69. The highest BCUT2D eigenvalue weighted by Crippen LogP contribution is 2.22. The number of aryl methyl sites for hydroxylation is 1. The number of rotatable bonds is 6. The molecule has 4 aromatic rings. The maximum Gasteiger partial charge on any atom is 0.168 e. The molecule has 0 amide bonds. The minimum atomic E-state index is -2.61. The molecule has 0 radical (unpaired) electrons. The fourth-order valence-electron chi connectivity index (χ4n) is 3.51. The lowest BCUT2D eigenvalue weighted by atomic mass is 10.0. The van der Waals surface area contributed by atoms with E-state index < -0.39 is 10.7 Å². The molecule has 0 aromatic heterocycles. The van der Waals surface area contributed by atoms with Gasteiger partial charge in [-0.1, -0.05) is 115 Å². The average molecular weight is 437 g/mol. The van der Waals surface area contributed by atoms with Gasteiger partial charge < -0.3 is 0 Å². The molecule has 0 atom stereocenters. The molecule has 0 heterocycles. The van der Waals surface area contributed by atoms with E-state index in [0.717, 1.165) is 22.3 Å². The largest absolute Gasteiger partial charge is 0.227 e. The summed E-state index contributed by atoms with van der Waals surface area (Å²) in [6.45, 7) is 2.12. The van der Waals surface area contributed by atoms with Gasteiger partial charge in [0.1, 0.15) is 0 Å². The van der Waals surface area contributed by atoms with Crippen LogP contribution in [0.1, 0.15) is 27.8 Å². The molecule has 32 heavy (non-hydrogen) atoms. The molecule has 0 unspecified atom stereocenters. The van der Waals surface area contributed by atoms with Crippen molar-refractivity contribution in [3.63, 3.8) is 0 Å². The maximum absolute atomic E-state index is 11.4. The van der Waals surface area contributed by atoms with Gasteiger partial charge in [0.15, 0.2) is 10.7 Å². The fourth-order valence-corrected chi connectivity index (χ4v) is 4.08. The smallest absolute Gasteiger partial charge is 0.168 e. The van der Waals surface area contributed by atoms with Crippen LogP contribution in [0, 0.1) is 6.92 Å². The number of hydrogen-bond donors (Lipinski definition) is 1. The van der Waals surface area contributed by atoms with Crippen molar-refractivity contribution in [1.29, 1.82) is 0 Å². The van der Waals surface area contributed by atoms with Crippen molar-refractivity contribution in [2.45, 2.75) is 11.8 Å². The van der Waals surface area contributed by atoms with E-state index >= 15 is 0 Å². The molecule has 0 N–H and O–H groups in total. The van der Waals surface area contributed by atoms with Crippen LogP contribution in [0.25, 0.3) is 35.4 Å². The molecular formula is C29H24O2S. The van der Waals surface area contributed by atoms with E-state index in [1.54, 1.807) is 18.2 Å². The Balaban J connectivity index is 1.47. The van der Waals surface area contributed by atoms with Gasteiger partial charge in [-0.25, -0.2) is 8.42 Å². The third kappa shape index (κ3) is 5.32. The Bertz CT molecular complexity index is 1330. The van der Waals surface area contributed by atoms with Gasteiger partial charge in [0.25, 0.3) is 0 Å². The van der Waals surface area contributed by atoms with Crippen molar-refractivity contribution >= 4 is 35.0 Å². The molecule has 0 aliphatic carbocycles. The van der Waals surface area contributed by atoms with E-state index in [1.165, 1.54) is 11.1 Å². The van der Waals surface area contributed by atoms with Crippen LogP contribution in [0.15, 0.2) is 102 Å². The first-order valence-corrected chi connectivity index (χ1v) is 11.6. The highest BCUT2D eigenvalue weighted by molar-refractivity contribution is 7.72. The molecule has 0 aliphatic heterocycles. The first-order chi connectivity index (χ1) is 15.6. The maximum atomic E-state index is 11.4. The minimum Gasteiger partial charge on any atom is -0.227 e. The molecule has 3 heteroatoms. The Morgan fingerprint density at radius 3 is 1.53 bits per heavy atom.